The average Bonchev–Trinajstić information content (AvgIpc) is 3.65. The smallest absolute Gasteiger partial charge is 0.269 e. The molecule has 0 spiro atoms. The molecule has 1 aliphatic carbocycles. The van der Waals surface area contributed by atoms with Gasteiger partial charge < -0.3 is 4.74 Å². The maximum atomic E-state index is 13.4. The first-order chi connectivity index (χ1) is 18.4. The molecule has 4 heterocycles. The number of hydrogen-bond acceptors (Lipinski definition) is 8. The van der Waals surface area contributed by atoms with Gasteiger partial charge in [0.2, 0.25) is 5.88 Å². The van der Waals surface area contributed by atoms with Crippen molar-refractivity contribution in [1.29, 1.82) is 5.26 Å². The van der Waals surface area contributed by atoms with Gasteiger partial charge in [0.1, 0.15) is 18.0 Å². The molecule has 0 N–H and O–H groups in total. The maximum Gasteiger partial charge on any atom is 0.269 e. The van der Waals surface area contributed by atoms with Gasteiger partial charge in [-0.1, -0.05) is 31.0 Å². The summed E-state index contributed by atoms with van der Waals surface area (Å²) >= 11 is 0. The van der Waals surface area contributed by atoms with Gasteiger partial charge in [-0.05, 0) is 49.9 Å². The standard InChI is InChI=1S/C27H25N7O3S/c1-3-19-12-20(37-25-9-6-18(14-28)15-29-25)13-22(19)26-32-31-24-16-30-27-23(34(24)26)10-11-33(27)38(35,36)21-7-4-17(2)5-8-21/h4-11,15-16,19-20,22H,3,12-13H2,1-2H3/t19-,20-,22-/m0/s1. The molecule has 6 rings (SSSR count). The molecule has 10 nitrogen and oxygen atoms in total. The Morgan fingerprint density at radius 2 is 1.87 bits per heavy atom. The molecule has 1 fully saturated rings. The molecule has 0 saturated heterocycles. The molecule has 0 amide bonds. The summed E-state index contributed by atoms with van der Waals surface area (Å²) in [6.45, 7) is 4.06. The predicted molar refractivity (Wildman–Crippen MR) is 139 cm³/mol. The molecule has 0 unspecified atom stereocenters. The largest absolute Gasteiger partial charge is 0.474 e. The number of benzene rings is 1. The van der Waals surface area contributed by atoms with Crippen LogP contribution in [0.15, 0.2) is 66.0 Å². The summed E-state index contributed by atoms with van der Waals surface area (Å²) in [5.74, 6) is 1.61. The Hall–Kier alpha value is -4.30. The van der Waals surface area contributed by atoms with Gasteiger partial charge >= 0.3 is 0 Å². The first-order valence-corrected chi connectivity index (χ1v) is 13.9. The van der Waals surface area contributed by atoms with Gasteiger partial charge in [-0.25, -0.2) is 22.4 Å². The fourth-order valence-corrected chi connectivity index (χ4v) is 6.63. The Morgan fingerprint density at radius 3 is 2.58 bits per heavy atom. The van der Waals surface area contributed by atoms with Gasteiger partial charge in [-0.3, -0.25) is 4.40 Å². The second-order valence-corrected chi connectivity index (χ2v) is 11.4. The highest BCUT2D eigenvalue weighted by atomic mass is 32.2. The van der Waals surface area contributed by atoms with Gasteiger partial charge in [0.05, 0.1) is 22.2 Å². The minimum absolute atomic E-state index is 0.0565. The van der Waals surface area contributed by atoms with Crippen molar-refractivity contribution < 1.29 is 13.2 Å². The fraction of sp³-hybridized carbons (Fsp3) is 0.296. The van der Waals surface area contributed by atoms with E-state index < -0.39 is 10.0 Å². The number of nitrogens with zero attached hydrogens (tertiary/aromatic N) is 7. The number of hydrogen-bond donors (Lipinski definition) is 0. The van der Waals surface area contributed by atoms with E-state index in [-0.39, 0.29) is 16.9 Å². The molecular weight excluding hydrogens is 502 g/mol. The third kappa shape index (κ3) is 3.97. The first-order valence-electron chi connectivity index (χ1n) is 12.4. The van der Waals surface area contributed by atoms with Crippen molar-refractivity contribution in [3.63, 3.8) is 0 Å². The number of ether oxygens (including phenoxy) is 1. The lowest BCUT2D eigenvalue weighted by molar-refractivity contribution is 0.195. The molecule has 1 aromatic carbocycles. The SMILES string of the molecule is CC[C@H]1C[C@H](Oc2ccc(C#N)cn2)C[C@@H]1c1nnc2cnc3c(ccn3S(=O)(=O)c3ccc(C)cc3)n12. The maximum absolute atomic E-state index is 13.4. The second kappa shape index (κ2) is 9.22. The molecule has 4 aromatic heterocycles. The van der Waals surface area contributed by atoms with Crippen LogP contribution in [0.4, 0.5) is 0 Å². The van der Waals surface area contributed by atoms with Crippen molar-refractivity contribution in [3.8, 4) is 11.9 Å². The molecule has 11 heteroatoms. The molecule has 0 aliphatic heterocycles. The van der Waals surface area contributed by atoms with Crippen molar-refractivity contribution in [2.45, 2.75) is 50.0 Å². The normalized spacial score (nSPS) is 19.7. The Kier molecular flexibility index (Phi) is 5.84. The number of aromatic nitrogens is 6. The lowest BCUT2D eigenvalue weighted by Gasteiger charge is -2.16. The molecule has 1 aliphatic rings. The summed E-state index contributed by atoms with van der Waals surface area (Å²) < 4.78 is 36.2. The highest BCUT2D eigenvalue weighted by molar-refractivity contribution is 7.90. The van der Waals surface area contributed by atoms with Crippen LogP contribution in [0.2, 0.25) is 0 Å². The zero-order valence-electron chi connectivity index (χ0n) is 20.9. The van der Waals surface area contributed by atoms with Crippen LogP contribution in [-0.4, -0.2) is 43.1 Å². The van der Waals surface area contributed by atoms with E-state index in [2.05, 4.69) is 33.2 Å². The minimum atomic E-state index is -3.83. The van der Waals surface area contributed by atoms with Crippen LogP contribution in [0.5, 0.6) is 5.88 Å². The Morgan fingerprint density at radius 1 is 1.05 bits per heavy atom. The highest BCUT2D eigenvalue weighted by Gasteiger charge is 2.38. The van der Waals surface area contributed by atoms with Gasteiger partial charge in [0, 0.05) is 24.4 Å². The Labute approximate surface area is 219 Å². The Bertz CT molecular complexity index is 1790. The van der Waals surface area contributed by atoms with Crippen LogP contribution >= 0.6 is 0 Å². The fourth-order valence-electron chi connectivity index (χ4n) is 5.33. The van der Waals surface area contributed by atoms with Crippen LogP contribution in [0.25, 0.3) is 16.8 Å². The van der Waals surface area contributed by atoms with E-state index >= 15 is 0 Å². The average molecular weight is 528 g/mol. The zero-order valence-corrected chi connectivity index (χ0v) is 21.7. The quantitative estimate of drug-likeness (QED) is 0.321. The number of fused-ring (bicyclic) bond motifs is 3. The van der Waals surface area contributed by atoms with Crippen LogP contribution in [0.1, 0.15) is 49.1 Å². The third-order valence-corrected chi connectivity index (χ3v) is 8.98. The number of rotatable bonds is 6. The summed E-state index contributed by atoms with van der Waals surface area (Å²) in [4.78, 5) is 8.90. The molecule has 1 saturated carbocycles. The molecule has 38 heavy (non-hydrogen) atoms. The van der Waals surface area contributed by atoms with Crippen LogP contribution < -0.4 is 4.74 Å². The van der Waals surface area contributed by atoms with E-state index in [4.69, 9.17) is 10.00 Å². The molecule has 0 radical (unpaired) electrons. The van der Waals surface area contributed by atoms with Crippen molar-refractivity contribution in [2.75, 3.05) is 0 Å². The summed E-state index contributed by atoms with van der Waals surface area (Å²) in [7, 11) is -3.83. The van der Waals surface area contributed by atoms with E-state index in [9.17, 15) is 8.42 Å². The highest BCUT2D eigenvalue weighted by Crippen LogP contribution is 2.42. The van der Waals surface area contributed by atoms with Gasteiger partial charge in [0.15, 0.2) is 11.3 Å². The lowest BCUT2D eigenvalue weighted by Crippen LogP contribution is -2.14. The van der Waals surface area contributed by atoms with E-state index in [0.717, 1.165) is 24.2 Å². The predicted octanol–water partition coefficient (Wildman–Crippen LogP) is 4.24. The molecule has 3 atom stereocenters. The molecular formula is C27H25N7O3S. The van der Waals surface area contributed by atoms with E-state index in [0.29, 0.717) is 40.6 Å². The van der Waals surface area contributed by atoms with Gasteiger partial charge in [-0.2, -0.15) is 5.26 Å². The monoisotopic (exact) mass is 527 g/mol. The molecule has 5 aromatic rings. The van der Waals surface area contributed by atoms with Crippen molar-refractivity contribution in [2.24, 2.45) is 5.92 Å². The number of aryl methyl sites for hydroxylation is 1. The zero-order chi connectivity index (χ0) is 26.4. The number of pyridine rings is 1. The topological polar surface area (TPSA) is 128 Å². The summed E-state index contributed by atoms with van der Waals surface area (Å²) in [6, 6.07) is 14.0. The summed E-state index contributed by atoms with van der Waals surface area (Å²) in [5.41, 5.74) is 2.98. The van der Waals surface area contributed by atoms with E-state index in [1.54, 1.807) is 48.7 Å². The van der Waals surface area contributed by atoms with Crippen molar-refractivity contribution >= 4 is 26.8 Å². The first kappa shape index (κ1) is 24.1. The van der Waals surface area contributed by atoms with Crippen LogP contribution in [0.3, 0.4) is 0 Å². The van der Waals surface area contributed by atoms with Gasteiger partial charge in [-0.15, -0.1) is 10.2 Å². The molecule has 0 bridgehead atoms. The molecule has 192 valence electrons. The minimum Gasteiger partial charge on any atom is -0.474 e. The lowest BCUT2D eigenvalue weighted by atomic mass is 9.93. The van der Waals surface area contributed by atoms with Crippen LogP contribution in [-0.2, 0) is 10.0 Å². The van der Waals surface area contributed by atoms with E-state index in [1.807, 2.05) is 11.3 Å². The summed E-state index contributed by atoms with van der Waals surface area (Å²) in [5, 5.41) is 17.9. The second-order valence-electron chi connectivity index (χ2n) is 9.63. The third-order valence-electron chi connectivity index (χ3n) is 7.30. The van der Waals surface area contributed by atoms with Crippen molar-refractivity contribution in [3.05, 3.63) is 78.0 Å². The Balaban J connectivity index is 1.37. The van der Waals surface area contributed by atoms with Crippen molar-refractivity contribution in [1.82, 2.24) is 28.5 Å². The van der Waals surface area contributed by atoms with E-state index in [1.165, 1.54) is 16.4 Å². The summed E-state index contributed by atoms with van der Waals surface area (Å²) in [6.07, 6.45) is 7.00. The van der Waals surface area contributed by atoms with Gasteiger partial charge in [0.25, 0.3) is 10.0 Å². The van der Waals surface area contributed by atoms with Crippen LogP contribution in [0, 0.1) is 24.2 Å². The number of nitriles is 1.